The summed E-state index contributed by atoms with van der Waals surface area (Å²) in [5.74, 6) is 0.783. The van der Waals surface area contributed by atoms with Gasteiger partial charge in [0.25, 0.3) is 0 Å². The lowest BCUT2D eigenvalue weighted by Crippen LogP contribution is -2.19. The zero-order valence-corrected chi connectivity index (χ0v) is 11.9. The predicted octanol–water partition coefficient (Wildman–Crippen LogP) is 1.60. The van der Waals surface area contributed by atoms with E-state index in [2.05, 4.69) is 5.16 Å². The van der Waals surface area contributed by atoms with Gasteiger partial charge in [-0.1, -0.05) is 5.16 Å². The van der Waals surface area contributed by atoms with Crippen LogP contribution in [-0.2, 0) is 9.47 Å². The third-order valence-corrected chi connectivity index (χ3v) is 2.57. The fourth-order valence-electron chi connectivity index (χ4n) is 1.52. The smallest absolute Gasteiger partial charge is 0.170 e. The normalized spacial score (nSPS) is 13.2. The van der Waals surface area contributed by atoms with Crippen LogP contribution in [0.15, 0.2) is 29.4 Å². The molecule has 0 amide bonds. The monoisotopic (exact) mass is 282 g/mol. The van der Waals surface area contributed by atoms with E-state index in [-0.39, 0.29) is 11.9 Å². The van der Waals surface area contributed by atoms with Crippen LogP contribution < -0.4 is 10.5 Å². The van der Waals surface area contributed by atoms with Crippen LogP contribution in [-0.4, -0.2) is 43.6 Å². The zero-order chi connectivity index (χ0) is 14.8. The van der Waals surface area contributed by atoms with E-state index in [1.807, 2.05) is 13.8 Å². The van der Waals surface area contributed by atoms with Crippen LogP contribution in [0.3, 0.4) is 0 Å². The molecule has 0 bridgehead atoms. The van der Waals surface area contributed by atoms with E-state index in [1.54, 1.807) is 24.3 Å². The molecule has 0 spiro atoms. The van der Waals surface area contributed by atoms with Gasteiger partial charge in [0.15, 0.2) is 5.84 Å². The van der Waals surface area contributed by atoms with Crippen molar-refractivity contribution in [1.29, 1.82) is 0 Å². The summed E-state index contributed by atoms with van der Waals surface area (Å²) in [5.41, 5.74) is 6.11. The van der Waals surface area contributed by atoms with Gasteiger partial charge in [-0.3, -0.25) is 0 Å². The highest BCUT2D eigenvalue weighted by Gasteiger charge is 2.02. The summed E-state index contributed by atoms with van der Waals surface area (Å²) in [5, 5.41) is 11.5. The highest BCUT2D eigenvalue weighted by atomic mass is 16.5. The van der Waals surface area contributed by atoms with Gasteiger partial charge >= 0.3 is 0 Å². The van der Waals surface area contributed by atoms with Gasteiger partial charge in [0.05, 0.1) is 19.3 Å². The van der Waals surface area contributed by atoms with Crippen LogP contribution in [0.5, 0.6) is 5.75 Å². The van der Waals surface area contributed by atoms with Gasteiger partial charge in [-0.15, -0.1) is 0 Å². The standard InChI is InChI=1S/C14H22N2O4/c1-3-18-10-11(2)19-8-9-20-13-6-4-12(5-7-13)14(15)16-17/h4-7,11,17H,3,8-10H2,1-2H3,(H2,15,16). The van der Waals surface area contributed by atoms with Gasteiger partial charge in [-0.05, 0) is 38.1 Å². The molecule has 0 aromatic heterocycles. The third kappa shape index (κ3) is 5.90. The molecule has 6 heteroatoms. The minimum Gasteiger partial charge on any atom is -0.491 e. The molecular weight excluding hydrogens is 260 g/mol. The number of ether oxygens (including phenoxy) is 3. The summed E-state index contributed by atoms with van der Waals surface area (Å²) in [6.07, 6.45) is 0.0569. The van der Waals surface area contributed by atoms with Gasteiger partial charge in [-0.2, -0.15) is 0 Å². The molecule has 0 saturated heterocycles. The first kappa shape index (κ1) is 16.3. The number of hydrogen-bond donors (Lipinski definition) is 2. The summed E-state index contributed by atoms with van der Waals surface area (Å²) in [6.45, 7) is 6.15. The number of oxime groups is 1. The molecule has 0 heterocycles. The van der Waals surface area contributed by atoms with Crippen molar-refractivity contribution in [3.8, 4) is 5.75 Å². The summed E-state index contributed by atoms with van der Waals surface area (Å²) in [4.78, 5) is 0. The molecule has 1 aromatic carbocycles. The number of nitrogens with two attached hydrogens (primary N) is 1. The van der Waals surface area contributed by atoms with E-state index in [9.17, 15) is 0 Å². The van der Waals surface area contributed by atoms with Crippen molar-refractivity contribution in [2.24, 2.45) is 10.9 Å². The second kappa shape index (κ2) is 9.17. The van der Waals surface area contributed by atoms with Gasteiger partial charge < -0.3 is 25.2 Å². The summed E-state index contributed by atoms with van der Waals surface area (Å²) in [6, 6.07) is 6.97. The van der Waals surface area contributed by atoms with Crippen molar-refractivity contribution in [3.05, 3.63) is 29.8 Å². The fourth-order valence-corrected chi connectivity index (χ4v) is 1.52. The number of benzene rings is 1. The highest BCUT2D eigenvalue weighted by molar-refractivity contribution is 5.97. The Morgan fingerprint density at radius 3 is 2.60 bits per heavy atom. The molecule has 1 aromatic rings. The topological polar surface area (TPSA) is 86.3 Å². The Bertz CT molecular complexity index is 406. The molecule has 1 atom stereocenters. The number of hydrogen-bond acceptors (Lipinski definition) is 5. The third-order valence-electron chi connectivity index (χ3n) is 2.57. The van der Waals surface area contributed by atoms with Gasteiger partial charge in [0.2, 0.25) is 0 Å². The van der Waals surface area contributed by atoms with E-state index < -0.39 is 0 Å². The van der Waals surface area contributed by atoms with Gasteiger partial charge in [0, 0.05) is 12.2 Å². The molecule has 0 fully saturated rings. The molecule has 112 valence electrons. The molecule has 0 saturated carbocycles. The Balaban J connectivity index is 2.25. The van der Waals surface area contributed by atoms with Gasteiger partial charge in [0.1, 0.15) is 12.4 Å². The minimum atomic E-state index is 0.0569. The number of rotatable bonds is 9. The van der Waals surface area contributed by atoms with Crippen LogP contribution >= 0.6 is 0 Å². The maximum Gasteiger partial charge on any atom is 0.170 e. The second-order valence-corrected chi connectivity index (χ2v) is 4.20. The molecule has 1 rings (SSSR count). The maximum atomic E-state index is 8.55. The molecule has 0 radical (unpaired) electrons. The first-order valence-corrected chi connectivity index (χ1v) is 6.57. The number of nitrogens with zero attached hydrogens (tertiary/aromatic N) is 1. The Morgan fingerprint density at radius 2 is 2.00 bits per heavy atom. The van der Waals surface area contributed by atoms with E-state index >= 15 is 0 Å². The van der Waals surface area contributed by atoms with Crippen molar-refractivity contribution in [1.82, 2.24) is 0 Å². The summed E-state index contributed by atoms with van der Waals surface area (Å²) < 4.78 is 16.3. The summed E-state index contributed by atoms with van der Waals surface area (Å²) >= 11 is 0. The lowest BCUT2D eigenvalue weighted by atomic mass is 10.2. The quantitative estimate of drug-likeness (QED) is 0.236. The molecule has 20 heavy (non-hydrogen) atoms. The van der Waals surface area contributed by atoms with Crippen molar-refractivity contribution in [2.75, 3.05) is 26.4 Å². The largest absolute Gasteiger partial charge is 0.491 e. The van der Waals surface area contributed by atoms with E-state index in [4.69, 9.17) is 25.2 Å². The Labute approximate surface area is 119 Å². The van der Waals surface area contributed by atoms with Crippen molar-refractivity contribution >= 4 is 5.84 Å². The van der Waals surface area contributed by atoms with Crippen molar-refractivity contribution < 1.29 is 19.4 Å². The van der Waals surface area contributed by atoms with Crippen LogP contribution in [0.25, 0.3) is 0 Å². The van der Waals surface area contributed by atoms with E-state index in [1.165, 1.54) is 0 Å². The predicted molar refractivity (Wildman–Crippen MR) is 76.4 cm³/mol. The maximum absolute atomic E-state index is 8.55. The average molecular weight is 282 g/mol. The second-order valence-electron chi connectivity index (χ2n) is 4.20. The van der Waals surface area contributed by atoms with Crippen LogP contribution in [0.4, 0.5) is 0 Å². The lowest BCUT2D eigenvalue weighted by Gasteiger charge is -2.13. The Hall–Kier alpha value is -1.79. The number of amidine groups is 1. The van der Waals surface area contributed by atoms with Crippen LogP contribution in [0, 0.1) is 0 Å². The Kier molecular flexibility index (Phi) is 7.46. The first-order chi connectivity index (χ1) is 9.67. The van der Waals surface area contributed by atoms with Crippen LogP contribution in [0.2, 0.25) is 0 Å². The average Bonchev–Trinajstić information content (AvgIpc) is 2.49. The molecule has 0 aliphatic carbocycles. The Morgan fingerprint density at radius 1 is 1.30 bits per heavy atom. The zero-order valence-electron chi connectivity index (χ0n) is 11.9. The molecular formula is C14H22N2O4. The SMILES string of the molecule is CCOCC(C)OCCOc1ccc(/C(N)=N/O)cc1. The van der Waals surface area contributed by atoms with E-state index in [0.29, 0.717) is 37.7 Å². The van der Waals surface area contributed by atoms with Crippen molar-refractivity contribution in [2.45, 2.75) is 20.0 Å². The molecule has 0 aliphatic rings. The van der Waals surface area contributed by atoms with Gasteiger partial charge in [-0.25, -0.2) is 0 Å². The molecule has 0 aliphatic heterocycles. The van der Waals surface area contributed by atoms with Crippen LogP contribution in [0.1, 0.15) is 19.4 Å². The molecule has 6 nitrogen and oxygen atoms in total. The fraction of sp³-hybridized carbons (Fsp3) is 0.500. The molecule has 1 unspecified atom stereocenters. The summed E-state index contributed by atoms with van der Waals surface area (Å²) in [7, 11) is 0. The highest BCUT2D eigenvalue weighted by Crippen LogP contribution is 2.12. The van der Waals surface area contributed by atoms with Crippen molar-refractivity contribution in [3.63, 3.8) is 0 Å². The lowest BCUT2D eigenvalue weighted by molar-refractivity contribution is -0.0128. The van der Waals surface area contributed by atoms with E-state index in [0.717, 1.165) is 0 Å². The molecule has 3 N–H and O–H groups in total. The minimum absolute atomic E-state index is 0.0569. The first-order valence-electron chi connectivity index (χ1n) is 6.57.